The number of carboxylic acids is 1. The van der Waals surface area contributed by atoms with Gasteiger partial charge < -0.3 is 19.5 Å². The maximum Gasteiger partial charge on any atom is 0.329 e. The molecule has 0 atom stereocenters. The smallest absolute Gasteiger partial charge is 0.329 e. The molecule has 2 amide bonds. The van der Waals surface area contributed by atoms with Crippen LogP contribution in [0.4, 0.5) is 4.79 Å². The molecule has 1 aromatic rings. The number of carbonyl (C=O) groups is 2. The zero-order valence-electron chi connectivity index (χ0n) is 11.3. The molecule has 7 heteroatoms. The van der Waals surface area contributed by atoms with Crippen LogP contribution >= 0.6 is 0 Å². The zero-order chi connectivity index (χ0) is 14.2. The molecule has 2 rings (SSSR count). The van der Waals surface area contributed by atoms with Gasteiger partial charge in [0.2, 0.25) is 0 Å². The average molecular weight is 266 g/mol. The van der Waals surface area contributed by atoms with E-state index < -0.39 is 11.5 Å². The van der Waals surface area contributed by atoms with E-state index in [1.165, 1.54) is 25.8 Å². The number of likely N-dealkylation sites (N-methyl/N-ethyl adjacent to an activating group) is 1. The van der Waals surface area contributed by atoms with Crippen molar-refractivity contribution in [2.24, 2.45) is 0 Å². The highest BCUT2D eigenvalue weighted by Crippen LogP contribution is 2.18. The van der Waals surface area contributed by atoms with Crippen molar-refractivity contribution in [1.29, 1.82) is 0 Å². The molecule has 0 bridgehead atoms. The second-order valence-electron chi connectivity index (χ2n) is 5.16. The summed E-state index contributed by atoms with van der Waals surface area (Å²) in [4.78, 5) is 30.6. The van der Waals surface area contributed by atoms with Crippen molar-refractivity contribution in [2.75, 3.05) is 13.6 Å². The van der Waals surface area contributed by atoms with Gasteiger partial charge in [0.05, 0.1) is 6.54 Å². The molecule has 0 fully saturated rings. The Bertz CT molecular complexity index is 509. The Morgan fingerprint density at radius 3 is 2.74 bits per heavy atom. The summed E-state index contributed by atoms with van der Waals surface area (Å²) in [5.74, 6) is -0.206. The summed E-state index contributed by atoms with van der Waals surface area (Å²) in [6, 6.07) is -0.290. The van der Waals surface area contributed by atoms with E-state index in [9.17, 15) is 9.59 Å². The third kappa shape index (κ3) is 2.27. The minimum atomic E-state index is -1.23. The highest BCUT2D eigenvalue weighted by Gasteiger charge is 2.37. The fourth-order valence-electron chi connectivity index (χ4n) is 1.93. The van der Waals surface area contributed by atoms with E-state index >= 15 is 0 Å². The van der Waals surface area contributed by atoms with Crippen molar-refractivity contribution in [3.05, 3.63) is 18.2 Å². The number of aliphatic carboxylic acids is 1. The third-order valence-electron chi connectivity index (χ3n) is 3.66. The Morgan fingerprint density at radius 1 is 1.42 bits per heavy atom. The Morgan fingerprint density at radius 2 is 2.11 bits per heavy atom. The van der Waals surface area contributed by atoms with Crippen molar-refractivity contribution in [3.8, 4) is 0 Å². The Labute approximate surface area is 111 Å². The van der Waals surface area contributed by atoms with Crippen molar-refractivity contribution in [2.45, 2.75) is 32.5 Å². The summed E-state index contributed by atoms with van der Waals surface area (Å²) in [5.41, 5.74) is -1.23. The molecule has 0 saturated heterocycles. The van der Waals surface area contributed by atoms with Crippen LogP contribution in [0, 0.1) is 0 Å². The number of nitrogens with zero attached hydrogens (tertiary/aromatic N) is 4. The van der Waals surface area contributed by atoms with Gasteiger partial charge in [-0.15, -0.1) is 0 Å². The van der Waals surface area contributed by atoms with Crippen LogP contribution in [0.2, 0.25) is 0 Å². The highest BCUT2D eigenvalue weighted by atomic mass is 16.4. The fraction of sp³-hybridized carbons (Fsp3) is 0.583. The molecule has 19 heavy (non-hydrogen) atoms. The summed E-state index contributed by atoms with van der Waals surface area (Å²) in [6.07, 6.45) is 3.58. The number of carboxylic acid groups (broad SMARTS) is 1. The summed E-state index contributed by atoms with van der Waals surface area (Å²) >= 11 is 0. The number of rotatable bonds is 2. The fourth-order valence-corrected chi connectivity index (χ4v) is 1.93. The number of amides is 2. The standard InChI is InChI=1S/C12H18N4O3/c1-12(2,10(17)18)14(3)11(19)16-7-6-15-5-4-13-9(15)8-16/h4-5H,6-8H2,1-3H3,(H,17,18). The lowest BCUT2D eigenvalue weighted by Gasteiger charge is -2.37. The molecule has 0 aromatic carbocycles. The topological polar surface area (TPSA) is 78.7 Å². The lowest BCUT2D eigenvalue weighted by Crippen LogP contribution is -2.56. The van der Waals surface area contributed by atoms with Gasteiger partial charge in [0.1, 0.15) is 11.4 Å². The van der Waals surface area contributed by atoms with Gasteiger partial charge in [-0.05, 0) is 13.8 Å². The van der Waals surface area contributed by atoms with E-state index in [1.807, 2.05) is 10.8 Å². The molecule has 0 radical (unpaired) electrons. The zero-order valence-corrected chi connectivity index (χ0v) is 11.3. The molecule has 2 heterocycles. The molecule has 0 saturated carbocycles. The van der Waals surface area contributed by atoms with Gasteiger partial charge in [-0.3, -0.25) is 0 Å². The normalized spacial score (nSPS) is 15.0. The number of hydrogen-bond donors (Lipinski definition) is 1. The first-order valence-electron chi connectivity index (χ1n) is 6.10. The maximum atomic E-state index is 12.3. The number of aromatic nitrogens is 2. The first-order chi connectivity index (χ1) is 8.84. The van der Waals surface area contributed by atoms with E-state index in [1.54, 1.807) is 11.1 Å². The second-order valence-corrected chi connectivity index (χ2v) is 5.16. The molecule has 0 unspecified atom stereocenters. The van der Waals surface area contributed by atoms with Gasteiger partial charge in [-0.25, -0.2) is 14.6 Å². The van der Waals surface area contributed by atoms with Crippen molar-refractivity contribution < 1.29 is 14.7 Å². The number of hydrogen-bond acceptors (Lipinski definition) is 3. The second kappa shape index (κ2) is 4.56. The third-order valence-corrected chi connectivity index (χ3v) is 3.66. The van der Waals surface area contributed by atoms with Gasteiger partial charge in [0.25, 0.3) is 0 Å². The van der Waals surface area contributed by atoms with Gasteiger partial charge in [-0.1, -0.05) is 0 Å². The lowest BCUT2D eigenvalue weighted by molar-refractivity contribution is -0.147. The number of imidazole rings is 1. The van der Waals surface area contributed by atoms with Crippen LogP contribution < -0.4 is 0 Å². The molecule has 1 N–H and O–H groups in total. The van der Waals surface area contributed by atoms with Gasteiger partial charge >= 0.3 is 12.0 Å². The molecule has 0 aliphatic carbocycles. The quantitative estimate of drug-likeness (QED) is 0.850. The molecule has 1 aliphatic rings. The maximum absolute atomic E-state index is 12.3. The average Bonchev–Trinajstić information content (AvgIpc) is 2.83. The predicted molar refractivity (Wildman–Crippen MR) is 67.5 cm³/mol. The van der Waals surface area contributed by atoms with E-state index in [0.29, 0.717) is 19.6 Å². The van der Waals surface area contributed by atoms with E-state index in [0.717, 1.165) is 5.82 Å². The molecule has 7 nitrogen and oxygen atoms in total. The van der Waals surface area contributed by atoms with Crippen LogP contribution in [0.25, 0.3) is 0 Å². The van der Waals surface area contributed by atoms with Crippen LogP contribution in [0.1, 0.15) is 19.7 Å². The molecular formula is C12H18N4O3. The van der Waals surface area contributed by atoms with Crippen LogP contribution in [0.3, 0.4) is 0 Å². The molecule has 0 spiro atoms. The van der Waals surface area contributed by atoms with Crippen LogP contribution in [-0.2, 0) is 17.9 Å². The lowest BCUT2D eigenvalue weighted by atomic mass is 10.0. The molecule has 104 valence electrons. The first-order valence-corrected chi connectivity index (χ1v) is 6.10. The first kappa shape index (κ1) is 13.4. The molecule has 1 aliphatic heterocycles. The van der Waals surface area contributed by atoms with Gasteiger partial charge in [0, 0.05) is 32.5 Å². The number of fused-ring (bicyclic) bond motifs is 1. The summed E-state index contributed by atoms with van der Waals surface area (Å²) in [7, 11) is 1.51. The Hall–Kier alpha value is -2.05. The summed E-state index contributed by atoms with van der Waals surface area (Å²) in [5, 5.41) is 9.15. The summed E-state index contributed by atoms with van der Waals surface area (Å²) in [6.45, 7) is 4.67. The van der Waals surface area contributed by atoms with Crippen molar-refractivity contribution in [3.63, 3.8) is 0 Å². The van der Waals surface area contributed by atoms with E-state index in [4.69, 9.17) is 5.11 Å². The van der Waals surface area contributed by atoms with Gasteiger partial charge in [0.15, 0.2) is 0 Å². The van der Waals surface area contributed by atoms with Crippen molar-refractivity contribution in [1.82, 2.24) is 19.4 Å². The van der Waals surface area contributed by atoms with Crippen LogP contribution in [0.15, 0.2) is 12.4 Å². The van der Waals surface area contributed by atoms with Crippen molar-refractivity contribution >= 4 is 12.0 Å². The van der Waals surface area contributed by atoms with Crippen LogP contribution in [-0.4, -0.2) is 55.6 Å². The molecular weight excluding hydrogens is 248 g/mol. The number of carbonyl (C=O) groups excluding carboxylic acids is 1. The summed E-state index contributed by atoms with van der Waals surface area (Å²) < 4.78 is 1.99. The van der Waals surface area contributed by atoms with E-state index in [-0.39, 0.29) is 6.03 Å². The van der Waals surface area contributed by atoms with Crippen LogP contribution in [0.5, 0.6) is 0 Å². The minimum absolute atomic E-state index is 0.290. The Balaban J connectivity index is 2.12. The monoisotopic (exact) mass is 266 g/mol. The Kier molecular flexibility index (Phi) is 3.21. The largest absolute Gasteiger partial charge is 0.480 e. The molecule has 1 aromatic heterocycles. The van der Waals surface area contributed by atoms with E-state index in [2.05, 4.69) is 4.98 Å². The number of urea groups is 1. The predicted octanol–water partition coefficient (Wildman–Crippen LogP) is 0.614. The van der Waals surface area contributed by atoms with Gasteiger partial charge in [-0.2, -0.15) is 0 Å². The minimum Gasteiger partial charge on any atom is -0.480 e. The SMILES string of the molecule is CN(C(=O)N1CCn2ccnc2C1)C(C)(C)C(=O)O. The highest BCUT2D eigenvalue weighted by molar-refractivity contribution is 5.85.